The summed E-state index contributed by atoms with van der Waals surface area (Å²) in [4.78, 5) is 4.32. The third kappa shape index (κ3) is 2.69. The minimum atomic E-state index is -0.388. The fourth-order valence-corrected chi connectivity index (χ4v) is 1.96. The van der Waals surface area contributed by atoms with Crippen LogP contribution in [-0.2, 0) is 0 Å². The smallest absolute Gasteiger partial charge is 0.148 e. The molecule has 20 heavy (non-hydrogen) atoms. The SMILES string of the molecule is COc1cc(F)ccc1Nc1nc(C)cc(C)c1C#N. The molecule has 4 nitrogen and oxygen atoms in total. The van der Waals surface area contributed by atoms with Crippen LogP contribution in [0.5, 0.6) is 5.75 Å². The first kappa shape index (κ1) is 13.8. The Morgan fingerprint density at radius 2 is 2.05 bits per heavy atom. The first-order valence-corrected chi connectivity index (χ1v) is 6.04. The molecule has 0 fully saturated rings. The van der Waals surface area contributed by atoms with Gasteiger partial charge < -0.3 is 10.1 Å². The van der Waals surface area contributed by atoms with E-state index in [1.54, 1.807) is 6.07 Å². The number of nitrogens with one attached hydrogen (secondary N) is 1. The number of ether oxygens (including phenoxy) is 1. The number of benzene rings is 1. The topological polar surface area (TPSA) is 57.9 Å². The first-order chi connectivity index (χ1) is 9.55. The van der Waals surface area contributed by atoms with Gasteiger partial charge in [-0.2, -0.15) is 5.26 Å². The summed E-state index contributed by atoms with van der Waals surface area (Å²) < 4.78 is 18.3. The van der Waals surface area contributed by atoms with Gasteiger partial charge in [0.25, 0.3) is 0 Å². The molecule has 1 N–H and O–H groups in total. The monoisotopic (exact) mass is 271 g/mol. The highest BCUT2D eigenvalue weighted by Crippen LogP contribution is 2.29. The Morgan fingerprint density at radius 3 is 2.70 bits per heavy atom. The summed E-state index contributed by atoms with van der Waals surface area (Å²) in [7, 11) is 1.46. The molecular weight excluding hydrogens is 257 g/mol. The number of hydrogen-bond donors (Lipinski definition) is 1. The number of methoxy groups -OCH3 is 1. The van der Waals surface area contributed by atoms with Gasteiger partial charge in [0, 0.05) is 11.8 Å². The van der Waals surface area contributed by atoms with Crippen LogP contribution < -0.4 is 10.1 Å². The van der Waals surface area contributed by atoms with E-state index in [9.17, 15) is 9.65 Å². The number of hydrogen-bond acceptors (Lipinski definition) is 4. The average Bonchev–Trinajstić information content (AvgIpc) is 2.40. The van der Waals surface area contributed by atoms with Crippen molar-refractivity contribution in [1.29, 1.82) is 5.26 Å². The third-order valence-electron chi connectivity index (χ3n) is 2.87. The summed E-state index contributed by atoms with van der Waals surface area (Å²) in [5.41, 5.74) is 2.65. The second-order valence-electron chi connectivity index (χ2n) is 4.39. The van der Waals surface area contributed by atoms with Crippen molar-refractivity contribution in [1.82, 2.24) is 4.98 Å². The summed E-state index contributed by atoms with van der Waals surface area (Å²) in [6.45, 7) is 3.70. The highest BCUT2D eigenvalue weighted by atomic mass is 19.1. The second-order valence-corrected chi connectivity index (χ2v) is 4.39. The lowest BCUT2D eigenvalue weighted by Crippen LogP contribution is -2.02. The number of aromatic nitrogens is 1. The van der Waals surface area contributed by atoms with Crippen LogP contribution in [0.1, 0.15) is 16.8 Å². The summed E-state index contributed by atoms with van der Waals surface area (Å²) in [5, 5.41) is 12.2. The molecule has 0 bridgehead atoms. The van der Waals surface area contributed by atoms with E-state index in [2.05, 4.69) is 16.4 Å². The van der Waals surface area contributed by atoms with Crippen molar-refractivity contribution >= 4 is 11.5 Å². The number of nitrogens with zero attached hydrogens (tertiary/aromatic N) is 2. The molecule has 0 atom stereocenters. The molecule has 1 heterocycles. The van der Waals surface area contributed by atoms with Crippen molar-refractivity contribution in [2.75, 3.05) is 12.4 Å². The van der Waals surface area contributed by atoms with Crippen molar-refractivity contribution < 1.29 is 9.13 Å². The first-order valence-electron chi connectivity index (χ1n) is 6.04. The molecule has 2 rings (SSSR count). The Kier molecular flexibility index (Phi) is 3.85. The van der Waals surface area contributed by atoms with Gasteiger partial charge in [-0.15, -0.1) is 0 Å². The van der Waals surface area contributed by atoms with E-state index in [0.29, 0.717) is 22.8 Å². The van der Waals surface area contributed by atoms with Crippen LogP contribution in [0.4, 0.5) is 15.9 Å². The lowest BCUT2D eigenvalue weighted by Gasteiger charge is -2.13. The van der Waals surface area contributed by atoms with Crippen molar-refractivity contribution in [3.63, 3.8) is 0 Å². The van der Waals surface area contributed by atoms with Gasteiger partial charge in [-0.25, -0.2) is 9.37 Å². The van der Waals surface area contributed by atoms with E-state index in [1.807, 2.05) is 19.9 Å². The van der Waals surface area contributed by atoms with Crippen molar-refractivity contribution in [3.8, 4) is 11.8 Å². The Balaban J connectivity index is 2.48. The standard InChI is InChI=1S/C15H14FN3O/c1-9-6-10(2)18-15(12(9)8-17)19-13-5-4-11(16)7-14(13)20-3/h4-7H,1-3H3,(H,18,19). The molecule has 0 saturated carbocycles. The highest BCUT2D eigenvalue weighted by molar-refractivity contribution is 5.69. The number of rotatable bonds is 3. The van der Waals surface area contributed by atoms with Crippen LogP contribution in [0.3, 0.4) is 0 Å². The van der Waals surface area contributed by atoms with Gasteiger partial charge in [0.05, 0.1) is 18.4 Å². The minimum absolute atomic E-state index is 0.356. The highest BCUT2D eigenvalue weighted by Gasteiger charge is 2.11. The Hall–Kier alpha value is -2.61. The predicted octanol–water partition coefficient (Wildman–Crippen LogP) is 3.46. The number of nitriles is 1. The fraction of sp³-hybridized carbons (Fsp3) is 0.200. The molecule has 102 valence electrons. The molecule has 0 radical (unpaired) electrons. The maximum atomic E-state index is 13.2. The van der Waals surface area contributed by atoms with Crippen molar-refractivity contribution in [2.24, 2.45) is 0 Å². The van der Waals surface area contributed by atoms with E-state index in [-0.39, 0.29) is 5.82 Å². The van der Waals surface area contributed by atoms with Crippen LogP contribution >= 0.6 is 0 Å². The van der Waals surface area contributed by atoms with Crippen LogP contribution in [-0.4, -0.2) is 12.1 Å². The second kappa shape index (κ2) is 5.57. The summed E-state index contributed by atoms with van der Waals surface area (Å²) in [5.74, 6) is 0.408. The largest absolute Gasteiger partial charge is 0.494 e. The van der Waals surface area contributed by atoms with E-state index < -0.39 is 0 Å². The Morgan fingerprint density at radius 1 is 1.30 bits per heavy atom. The van der Waals surface area contributed by atoms with Crippen LogP contribution in [0.15, 0.2) is 24.3 Å². The Bertz CT molecular complexity index is 692. The molecule has 0 unspecified atom stereocenters. The average molecular weight is 271 g/mol. The molecule has 1 aromatic heterocycles. The van der Waals surface area contributed by atoms with Crippen LogP contribution in [0.25, 0.3) is 0 Å². The molecule has 0 saturated heterocycles. The van der Waals surface area contributed by atoms with Gasteiger partial charge in [-0.3, -0.25) is 0 Å². The van der Waals surface area contributed by atoms with E-state index in [4.69, 9.17) is 4.74 Å². The Labute approximate surface area is 116 Å². The van der Waals surface area contributed by atoms with Gasteiger partial charge in [-0.1, -0.05) is 0 Å². The van der Waals surface area contributed by atoms with Crippen molar-refractivity contribution in [3.05, 3.63) is 46.9 Å². The zero-order valence-corrected chi connectivity index (χ0v) is 11.5. The number of pyridine rings is 1. The molecule has 0 aliphatic rings. The summed E-state index contributed by atoms with van der Waals surface area (Å²) >= 11 is 0. The maximum absolute atomic E-state index is 13.2. The summed E-state index contributed by atoms with van der Waals surface area (Å²) in [6.07, 6.45) is 0. The van der Waals surface area contributed by atoms with Gasteiger partial charge in [0.1, 0.15) is 23.5 Å². The van der Waals surface area contributed by atoms with Gasteiger partial charge in [0.2, 0.25) is 0 Å². The van der Waals surface area contributed by atoms with E-state index in [0.717, 1.165) is 11.3 Å². The zero-order chi connectivity index (χ0) is 14.7. The number of halogens is 1. The van der Waals surface area contributed by atoms with Crippen LogP contribution in [0, 0.1) is 31.0 Å². The number of aryl methyl sites for hydroxylation is 2. The molecule has 0 spiro atoms. The molecular formula is C15H14FN3O. The molecule has 0 amide bonds. The van der Waals surface area contributed by atoms with Gasteiger partial charge >= 0.3 is 0 Å². The summed E-state index contributed by atoms with van der Waals surface area (Å²) in [6, 6.07) is 8.10. The molecule has 0 aliphatic carbocycles. The van der Waals surface area contributed by atoms with E-state index in [1.165, 1.54) is 19.2 Å². The molecule has 0 aliphatic heterocycles. The third-order valence-corrected chi connectivity index (χ3v) is 2.87. The predicted molar refractivity (Wildman–Crippen MR) is 74.7 cm³/mol. The molecule has 5 heteroatoms. The van der Waals surface area contributed by atoms with Crippen LogP contribution in [0.2, 0.25) is 0 Å². The fourth-order valence-electron chi connectivity index (χ4n) is 1.96. The minimum Gasteiger partial charge on any atom is -0.494 e. The van der Waals surface area contributed by atoms with Gasteiger partial charge in [0.15, 0.2) is 0 Å². The normalized spacial score (nSPS) is 9.95. The zero-order valence-electron chi connectivity index (χ0n) is 11.5. The lowest BCUT2D eigenvalue weighted by molar-refractivity contribution is 0.413. The van der Waals surface area contributed by atoms with Crippen molar-refractivity contribution in [2.45, 2.75) is 13.8 Å². The number of anilines is 2. The van der Waals surface area contributed by atoms with E-state index >= 15 is 0 Å². The molecule has 1 aromatic carbocycles. The maximum Gasteiger partial charge on any atom is 0.148 e. The quantitative estimate of drug-likeness (QED) is 0.928. The van der Waals surface area contributed by atoms with Gasteiger partial charge in [-0.05, 0) is 37.6 Å². The lowest BCUT2D eigenvalue weighted by atomic mass is 10.1. The molecule has 2 aromatic rings.